The zero-order valence-electron chi connectivity index (χ0n) is 12.7. The number of benzene rings is 2. The number of methoxy groups -OCH3 is 1. The summed E-state index contributed by atoms with van der Waals surface area (Å²) in [6.07, 6.45) is 3.58. The molecule has 4 aromatic rings. The highest BCUT2D eigenvalue weighted by Gasteiger charge is 2.09. The van der Waals surface area contributed by atoms with Crippen LogP contribution < -0.4 is 4.74 Å². The van der Waals surface area contributed by atoms with E-state index in [4.69, 9.17) is 4.74 Å². The van der Waals surface area contributed by atoms with Crippen molar-refractivity contribution in [3.63, 3.8) is 0 Å². The van der Waals surface area contributed by atoms with E-state index in [1.54, 1.807) is 13.3 Å². The Labute approximate surface area is 134 Å². The largest absolute Gasteiger partial charge is 0.481 e. The minimum atomic E-state index is 0.625. The number of nitrogens with zero attached hydrogens (tertiary/aromatic N) is 3. The van der Waals surface area contributed by atoms with Gasteiger partial charge in [0.2, 0.25) is 5.88 Å². The van der Waals surface area contributed by atoms with Crippen molar-refractivity contribution in [1.82, 2.24) is 14.5 Å². The fourth-order valence-corrected chi connectivity index (χ4v) is 2.76. The molecule has 0 amide bonds. The molecule has 0 aliphatic heterocycles. The van der Waals surface area contributed by atoms with E-state index >= 15 is 0 Å². The van der Waals surface area contributed by atoms with Gasteiger partial charge in [-0.25, -0.2) is 9.97 Å². The summed E-state index contributed by atoms with van der Waals surface area (Å²) in [4.78, 5) is 8.73. The summed E-state index contributed by atoms with van der Waals surface area (Å²) in [5.41, 5.74) is 5.16. The summed E-state index contributed by atoms with van der Waals surface area (Å²) in [6, 6.07) is 20.3. The van der Waals surface area contributed by atoms with Gasteiger partial charge in [-0.05, 0) is 42.0 Å². The van der Waals surface area contributed by atoms with Crippen LogP contribution >= 0.6 is 0 Å². The van der Waals surface area contributed by atoms with Crippen molar-refractivity contribution in [3.05, 3.63) is 73.2 Å². The van der Waals surface area contributed by atoms with Crippen LogP contribution in [0.4, 0.5) is 0 Å². The first kappa shape index (κ1) is 13.5. The Morgan fingerprint density at radius 3 is 2.74 bits per heavy atom. The van der Waals surface area contributed by atoms with Gasteiger partial charge in [-0.1, -0.05) is 24.3 Å². The quantitative estimate of drug-likeness (QED) is 0.572. The minimum absolute atomic E-state index is 0.625. The van der Waals surface area contributed by atoms with E-state index in [1.807, 2.05) is 42.7 Å². The van der Waals surface area contributed by atoms with Crippen molar-refractivity contribution < 1.29 is 4.74 Å². The highest BCUT2D eigenvalue weighted by molar-refractivity contribution is 5.78. The fourth-order valence-electron chi connectivity index (χ4n) is 2.76. The molecular formula is C19H15N3O. The van der Waals surface area contributed by atoms with Gasteiger partial charge >= 0.3 is 0 Å². The van der Waals surface area contributed by atoms with E-state index in [-0.39, 0.29) is 0 Å². The van der Waals surface area contributed by atoms with Crippen molar-refractivity contribution >= 4 is 11.0 Å². The third-order valence-electron chi connectivity index (χ3n) is 3.85. The van der Waals surface area contributed by atoms with Crippen LogP contribution in [0.25, 0.3) is 27.8 Å². The number of hydrogen-bond acceptors (Lipinski definition) is 3. The highest BCUT2D eigenvalue weighted by Crippen LogP contribution is 2.29. The normalized spacial score (nSPS) is 10.8. The number of imidazole rings is 1. The van der Waals surface area contributed by atoms with Gasteiger partial charge in [0.1, 0.15) is 6.33 Å². The average molecular weight is 301 g/mol. The third-order valence-corrected chi connectivity index (χ3v) is 3.85. The SMILES string of the molecule is COc1ncccc1-c1cccc(-n2cnc3ccccc32)c1. The molecule has 4 rings (SSSR count). The second-order valence-corrected chi connectivity index (χ2v) is 5.21. The van der Waals surface area contributed by atoms with Gasteiger partial charge in [0.05, 0.1) is 18.1 Å². The molecule has 0 bridgehead atoms. The van der Waals surface area contributed by atoms with Gasteiger partial charge in [0, 0.05) is 17.4 Å². The van der Waals surface area contributed by atoms with Gasteiger partial charge in [0.25, 0.3) is 0 Å². The molecule has 2 heterocycles. The fraction of sp³-hybridized carbons (Fsp3) is 0.0526. The van der Waals surface area contributed by atoms with Crippen LogP contribution in [0.5, 0.6) is 5.88 Å². The molecule has 0 fully saturated rings. The standard InChI is InChI=1S/C19H15N3O/c1-23-19-16(8-5-11-20-19)14-6-4-7-15(12-14)22-13-21-17-9-2-3-10-18(17)22/h2-13H,1H3. The minimum Gasteiger partial charge on any atom is -0.481 e. The van der Waals surface area contributed by atoms with E-state index in [1.165, 1.54) is 0 Å². The summed E-state index contributed by atoms with van der Waals surface area (Å²) in [6.45, 7) is 0. The Kier molecular flexibility index (Phi) is 3.27. The monoisotopic (exact) mass is 301 g/mol. The first-order valence-electron chi connectivity index (χ1n) is 7.39. The van der Waals surface area contributed by atoms with E-state index in [0.717, 1.165) is 27.8 Å². The molecule has 2 aromatic heterocycles. The number of hydrogen-bond donors (Lipinski definition) is 0. The summed E-state index contributed by atoms with van der Waals surface area (Å²) in [5, 5.41) is 0. The molecule has 23 heavy (non-hydrogen) atoms. The molecule has 0 atom stereocenters. The Bertz CT molecular complexity index is 975. The summed E-state index contributed by atoms with van der Waals surface area (Å²) in [5.74, 6) is 0.625. The molecule has 0 radical (unpaired) electrons. The van der Waals surface area contributed by atoms with Crippen LogP contribution in [0, 0.1) is 0 Å². The van der Waals surface area contributed by atoms with Crippen molar-refractivity contribution in [1.29, 1.82) is 0 Å². The molecule has 4 heteroatoms. The van der Waals surface area contributed by atoms with Crippen LogP contribution in [0.2, 0.25) is 0 Å². The van der Waals surface area contributed by atoms with Crippen LogP contribution in [0.3, 0.4) is 0 Å². The molecule has 0 unspecified atom stereocenters. The lowest BCUT2D eigenvalue weighted by Gasteiger charge is -2.10. The van der Waals surface area contributed by atoms with Crippen LogP contribution in [-0.4, -0.2) is 21.6 Å². The lowest BCUT2D eigenvalue weighted by Crippen LogP contribution is -1.94. The van der Waals surface area contributed by atoms with Crippen LogP contribution in [0.15, 0.2) is 73.2 Å². The molecule has 4 nitrogen and oxygen atoms in total. The van der Waals surface area contributed by atoms with E-state index in [9.17, 15) is 0 Å². The van der Waals surface area contributed by atoms with E-state index in [0.29, 0.717) is 5.88 Å². The number of rotatable bonds is 3. The Morgan fingerprint density at radius 1 is 0.913 bits per heavy atom. The third kappa shape index (κ3) is 2.34. The van der Waals surface area contributed by atoms with Crippen LogP contribution in [0.1, 0.15) is 0 Å². The molecule has 112 valence electrons. The molecule has 0 saturated heterocycles. The molecule has 0 N–H and O–H groups in total. The Balaban J connectivity index is 1.86. The van der Waals surface area contributed by atoms with Gasteiger partial charge in [0.15, 0.2) is 0 Å². The number of aromatic nitrogens is 3. The number of fused-ring (bicyclic) bond motifs is 1. The Morgan fingerprint density at radius 2 is 1.83 bits per heavy atom. The van der Waals surface area contributed by atoms with Crippen LogP contribution in [-0.2, 0) is 0 Å². The van der Waals surface area contributed by atoms with Gasteiger partial charge in [-0.3, -0.25) is 4.57 Å². The van der Waals surface area contributed by atoms with Crippen molar-refractivity contribution in [2.45, 2.75) is 0 Å². The molecule has 0 saturated carbocycles. The maximum Gasteiger partial charge on any atom is 0.221 e. The number of pyridine rings is 1. The molecule has 0 aliphatic rings. The van der Waals surface area contributed by atoms with Gasteiger partial charge in [-0.2, -0.15) is 0 Å². The number of ether oxygens (including phenoxy) is 1. The predicted molar refractivity (Wildman–Crippen MR) is 90.9 cm³/mol. The first-order chi connectivity index (χ1) is 11.4. The highest BCUT2D eigenvalue weighted by atomic mass is 16.5. The maximum absolute atomic E-state index is 5.37. The van der Waals surface area contributed by atoms with Crippen molar-refractivity contribution in [3.8, 4) is 22.7 Å². The lowest BCUT2D eigenvalue weighted by atomic mass is 10.1. The van der Waals surface area contributed by atoms with Gasteiger partial charge < -0.3 is 4.74 Å². The lowest BCUT2D eigenvalue weighted by molar-refractivity contribution is 0.399. The summed E-state index contributed by atoms with van der Waals surface area (Å²) in [7, 11) is 1.64. The Hall–Kier alpha value is -3.14. The molecule has 0 aliphatic carbocycles. The molecule has 0 spiro atoms. The topological polar surface area (TPSA) is 39.9 Å². The smallest absolute Gasteiger partial charge is 0.221 e. The van der Waals surface area contributed by atoms with Gasteiger partial charge in [-0.15, -0.1) is 0 Å². The van der Waals surface area contributed by atoms with E-state index in [2.05, 4.69) is 38.8 Å². The summed E-state index contributed by atoms with van der Waals surface area (Å²) >= 11 is 0. The van der Waals surface area contributed by atoms with Crippen molar-refractivity contribution in [2.75, 3.05) is 7.11 Å². The second kappa shape index (κ2) is 5.57. The first-order valence-corrected chi connectivity index (χ1v) is 7.39. The average Bonchev–Trinajstić information content (AvgIpc) is 3.06. The zero-order chi connectivity index (χ0) is 15.6. The summed E-state index contributed by atoms with van der Waals surface area (Å²) < 4.78 is 7.46. The molecular weight excluding hydrogens is 286 g/mol. The predicted octanol–water partition coefficient (Wildman–Crippen LogP) is 4.10. The second-order valence-electron chi connectivity index (χ2n) is 5.21. The van der Waals surface area contributed by atoms with Crippen molar-refractivity contribution in [2.24, 2.45) is 0 Å². The zero-order valence-corrected chi connectivity index (χ0v) is 12.7. The maximum atomic E-state index is 5.37. The van der Waals surface area contributed by atoms with E-state index < -0.39 is 0 Å². The number of para-hydroxylation sites is 2. The molecule has 2 aromatic carbocycles.